The van der Waals surface area contributed by atoms with Crippen molar-refractivity contribution in [2.45, 2.75) is 12.3 Å². The lowest BCUT2D eigenvalue weighted by atomic mass is 9.99. The van der Waals surface area contributed by atoms with Crippen molar-refractivity contribution in [2.24, 2.45) is 7.05 Å². The number of hydrogen-bond donors (Lipinski definition) is 0. The first kappa shape index (κ1) is 13.9. The Bertz CT molecular complexity index is 856. The van der Waals surface area contributed by atoms with Gasteiger partial charge < -0.3 is 9.47 Å². The van der Waals surface area contributed by atoms with Crippen LogP contribution in [-0.4, -0.2) is 38.4 Å². The molecular formula is C18H18N4O. The van der Waals surface area contributed by atoms with Gasteiger partial charge in [-0.05, 0) is 18.1 Å². The molecule has 4 rings (SSSR count). The van der Waals surface area contributed by atoms with Crippen LogP contribution in [0.5, 0.6) is 0 Å². The third kappa shape index (κ3) is 2.48. The van der Waals surface area contributed by atoms with E-state index in [1.807, 2.05) is 28.6 Å². The van der Waals surface area contributed by atoms with Crippen LogP contribution in [-0.2, 0) is 7.05 Å². The summed E-state index contributed by atoms with van der Waals surface area (Å²) >= 11 is 0. The predicted octanol–water partition coefficient (Wildman–Crippen LogP) is 2.60. The number of aryl methyl sites for hydroxylation is 1. The van der Waals surface area contributed by atoms with Gasteiger partial charge in [0, 0.05) is 32.3 Å². The van der Waals surface area contributed by atoms with E-state index in [1.54, 1.807) is 12.5 Å². The summed E-state index contributed by atoms with van der Waals surface area (Å²) in [6.45, 7) is 1.56. The van der Waals surface area contributed by atoms with Gasteiger partial charge in [-0.1, -0.05) is 30.3 Å². The maximum Gasteiger partial charge on any atom is 0.255 e. The van der Waals surface area contributed by atoms with Gasteiger partial charge in [0.15, 0.2) is 5.65 Å². The highest BCUT2D eigenvalue weighted by Gasteiger charge is 2.28. The van der Waals surface area contributed by atoms with Crippen molar-refractivity contribution >= 4 is 17.1 Å². The Morgan fingerprint density at radius 1 is 1.22 bits per heavy atom. The maximum absolute atomic E-state index is 12.7. The zero-order valence-electron chi connectivity index (χ0n) is 13.0. The molecular weight excluding hydrogens is 288 g/mol. The standard InChI is InChI=1S/C18H18N4O/c1-21-12-20-16-9-15(10-19-17(16)21)18(23)22-8-7-14(11-22)13-5-3-2-4-6-13/h2-6,9-10,12,14H,7-8,11H2,1H3. The van der Waals surface area contributed by atoms with Crippen molar-refractivity contribution in [1.29, 1.82) is 0 Å². The monoisotopic (exact) mass is 306 g/mol. The second kappa shape index (κ2) is 5.50. The van der Waals surface area contributed by atoms with Crippen molar-refractivity contribution in [3.05, 3.63) is 60.0 Å². The van der Waals surface area contributed by atoms with Gasteiger partial charge in [-0.25, -0.2) is 9.97 Å². The van der Waals surface area contributed by atoms with E-state index >= 15 is 0 Å². The second-order valence-corrected chi connectivity index (χ2v) is 6.07. The average Bonchev–Trinajstić information content (AvgIpc) is 3.22. The van der Waals surface area contributed by atoms with Crippen LogP contribution in [0, 0.1) is 0 Å². The summed E-state index contributed by atoms with van der Waals surface area (Å²) in [5, 5.41) is 0. The lowest BCUT2D eigenvalue weighted by Gasteiger charge is -2.16. The average molecular weight is 306 g/mol. The first-order valence-corrected chi connectivity index (χ1v) is 7.83. The number of rotatable bonds is 2. The van der Waals surface area contributed by atoms with E-state index in [2.05, 4.69) is 34.2 Å². The molecule has 1 saturated heterocycles. The number of imidazole rings is 1. The molecule has 116 valence electrons. The Morgan fingerprint density at radius 3 is 2.87 bits per heavy atom. The summed E-state index contributed by atoms with van der Waals surface area (Å²) in [7, 11) is 1.90. The van der Waals surface area contributed by atoms with E-state index in [1.165, 1.54) is 5.56 Å². The number of hydrogen-bond acceptors (Lipinski definition) is 3. The van der Waals surface area contributed by atoms with Crippen LogP contribution >= 0.6 is 0 Å². The number of benzene rings is 1. The Labute approximate surface area is 134 Å². The molecule has 1 amide bonds. The minimum absolute atomic E-state index is 0.0449. The van der Waals surface area contributed by atoms with Crippen LogP contribution in [0.3, 0.4) is 0 Å². The highest BCUT2D eigenvalue weighted by molar-refractivity contribution is 5.96. The van der Waals surface area contributed by atoms with Gasteiger partial charge in [0.25, 0.3) is 5.91 Å². The summed E-state index contributed by atoms with van der Waals surface area (Å²) in [6.07, 6.45) is 4.38. The van der Waals surface area contributed by atoms with E-state index in [9.17, 15) is 4.79 Å². The molecule has 0 saturated carbocycles. The van der Waals surface area contributed by atoms with Crippen LogP contribution < -0.4 is 0 Å². The van der Waals surface area contributed by atoms with Crippen LogP contribution in [0.4, 0.5) is 0 Å². The van der Waals surface area contributed by atoms with Gasteiger partial charge >= 0.3 is 0 Å². The maximum atomic E-state index is 12.7. The van der Waals surface area contributed by atoms with Crippen LogP contribution in [0.1, 0.15) is 28.3 Å². The molecule has 0 aliphatic carbocycles. The van der Waals surface area contributed by atoms with E-state index in [-0.39, 0.29) is 5.91 Å². The normalized spacial score (nSPS) is 17.8. The molecule has 2 aromatic heterocycles. The van der Waals surface area contributed by atoms with E-state index < -0.39 is 0 Å². The van der Waals surface area contributed by atoms with Gasteiger partial charge in [0.2, 0.25) is 0 Å². The summed E-state index contributed by atoms with van der Waals surface area (Å²) < 4.78 is 1.85. The summed E-state index contributed by atoms with van der Waals surface area (Å²) in [5.41, 5.74) is 3.48. The molecule has 0 radical (unpaired) electrons. The van der Waals surface area contributed by atoms with E-state index in [0.29, 0.717) is 11.5 Å². The number of nitrogens with zero attached hydrogens (tertiary/aromatic N) is 4. The molecule has 1 aliphatic rings. The van der Waals surface area contributed by atoms with Crippen LogP contribution in [0.15, 0.2) is 48.9 Å². The van der Waals surface area contributed by atoms with Crippen LogP contribution in [0.25, 0.3) is 11.2 Å². The molecule has 5 nitrogen and oxygen atoms in total. The SMILES string of the molecule is Cn1cnc2cc(C(=O)N3CCC(c4ccccc4)C3)cnc21. The van der Waals surface area contributed by atoms with Gasteiger partial charge in [-0.2, -0.15) is 0 Å². The van der Waals surface area contributed by atoms with Crippen molar-refractivity contribution in [3.8, 4) is 0 Å². The van der Waals surface area contributed by atoms with Gasteiger partial charge in [-0.15, -0.1) is 0 Å². The smallest absolute Gasteiger partial charge is 0.255 e. The van der Waals surface area contributed by atoms with Crippen molar-refractivity contribution in [2.75, 3.05) is 13.1 Å². The largest absolute Gasteiger partial charge is 0.338 e. The summed E-state index contributed by atoms with van der Waals surface area (Å²) in [6, 6.07) is 12.2. The number of likely N-dealkylation sites (tertiary alicyclic amines) is 1. The number of amides is 1. The fraction of sp³-hybridized carbons (Fsp3) is 0.278. The van der Waals surface area contributed by atoms with E-state index in [0.717, 1.165) is 30.7 Å². The Balaban J connectivity index is 1.54. The molecule has 3 heterocycles. The first-order chi connectivity index (χ1) is 11.2. The highest BCUT2D eigenvalue weighted by Crippen LogP contribution is 2.28. The molecule has 5 heteroatoms. The molecule has 1 fully saturated rings. The van der Waals surface area contributed by atoms with Crippen molar-refractivity contribution in [1.82, 2.24) is 19.4 Å². The lowest BCUT2D eigenvalue weighted by molar-refractivity contribution is 0.0790. The zero-order valence-corrected chi connectivity index (χ0v) is 13.0. The summed E-state index contributed by atoms with van der Waals surface area (Å²) in [4.78, 5) is 23.3. The van der Waals surface area contributed by atoms with Gasteiger partial charge in [-0.3, -0.25) is 4.79 Å². The minimum Gasteiger partial charge on any atom is -0.338 e. The minimum atomic E-state index is 0.0449. The second-order valence-electron chi connectivity index (χ2n) is 6.07. The topological polar surface area (TPSA) is 51.0 Å². The molecule has 1 atom stereocenters. The highest BCUT2D eigenvalue weighted by atomic mass is 16.2. The third-order valence-electron chi connectivity index (χ3n) is 4.54. The number of carbonyl (C=O) groups excluding carboxylic acids is 1. The first-order valence-electron chi connectivity index (χ1n) is 7.83. The van der Waals surface area contributed by atoms with E-state index in [4.69, 9.17) is 0 Å². The molecule has 3 aromatic rings. The fourth-order valence-corrected chi connectivity index (χ4v) is 3.26. The molecule has 0 bridgehead atoms. The fourth-order valence-electron chi connectivity index (χ4n) is 3.26. The Kier molecular flexibility index (Phi) is 3.33. The molecule has 1 aromatic carbocycles. The lowest BCUT2D eigenvalue weighted by Crippen LogP contribution is -2.28. The molecule has 1 aliphatic heterocycles. The molecule has 23 heavy (non-hydrogen) atoms. The predicted molar refractivity (Wildman–Crippen MR) is 88.2 cm³/mol. The van der Waals surface area contributed by atoms with Crippen LogP contribution in [0.2, 0.25) is 0 Å². The van der Waals surface area contributed by atoms with Crippen molar-refractivity contribution < 1.29 is 4.79 Å². The summed E-state index contributed by atoms with van der Waals surface area (Å²) in [5.74, 6) is 0.468. The van der Waals surface area contributed by atoms with Crippen molar-refractivity contribution in [3.63, 3.8) is 0 Å². The molecule has 1 unspecified atom stereocenters. The number of aromatic nitrogens is 3. The number of carbonyl (C=O) groups is 1. The molecule has 0 spiro atoms. The molecule has 0 N–H and O–H groups in total. The Hall–Kier alpha value is -2.69. The number of fused-ring (bicyclic) bond motifs is 1. The Morgan fingerprint density at radius 2 is 2.04 bits per heavy atom. The zero-order chi connectivity index (χ0) is 15.8. The quantitative estimate of drug-likeness (QED) is 0.731. The number of pyridine rings is 1. The van der Waals surface area contributed by atoms with Gasteiger partial charge in [0.1, 0.15) is 5.52 Å². The third-order valence-corrected chi connectivity index (χ3v) is 4.54. The van der Waals surface area contributed by atoms with Gasteiger partial charge in [0.05, 0.1) is 11.9 Å².